The zero-order valence-corrected chi connectivity index (χ0v) is 11.1. The highest BCUT2D eigenvalue weighted by molar-refractivity contribution is 8.00. The summed E-state index contributed by atoms with van der Waals surface area (Å²) in [5, 5.41) is 3.25. The molecule has 98 valence electrons. The lowest BCUT2D eigenvalue weighted by molar-refractivity contribution is -0.0329. The van der Waals surface area contributed by atoms with E-state index in [0.29, 0.717) is 6.42 Å². The molecule has 0 aliphatic rings. The first-order valence-electron chi connectivity index (χ1n) is 5.80. The van der Waals surface area contributed by atoms with Crippen LogP contribution in [0.4, 0.5) is 13.2 Å². The Morgan fingerprint density at radius 3 is 2.00 bits per heavy atom. The average Bonchev–Trinajstić information content (AvgIpc) is 2.22. The maximum atomic E-state index is 12.0. The maximum Gasteiger partial charge on any atom is 0.441 e. The number of rotatable bonds is 8. The minimum atomic E-state index is -4.09. The molecule has 0 spiro atoms. The van der Waals surface area contributed by atoms with Gasteiger partial charge in [-0.3, -0.25) is 0 Å². The van der Waals surface area contributed by atoms with E-state index < -0.39 is 5.51 Å². The van der Waals surface area contributed by atoms with E-state index in [1.54, 1.807) is 0 Å². The highest BCUT2D eigenvalue weighted by Gasteiger charge is 2.31. The van der Waals surface area contributed by atoms with Crippen LogP contribution < -0.4 is 5.32 Å². The van der Waals surface area contributed by atoms with Crippen LogP contribution in [-0.2, 0) is 0 Å². The molecule has 0 aromatic rings. The van der Waals surface area contributed by atoms with Gasteiger partial charge in [0.1, 0.15) is 0 Å². The van der Waals surface area contributed by atoms with E-state index in [4.69, 9.17) is 0 Å². The molecular formula is C11H22F3NS. The second-order valence-corrected chi connectivity index (χ2v) is 5.19. The van der Waals surface area contributed by atoms with Gasteiger partial charge in [-0.15, -0.1) is 0 Å². The van der Waals surface area contributed by atoms with Crippen LogP contribution in [0.2, 0.25) is 0 Å². The third-order valence-corrected chi connectivity index (χ3v) is 3.88. The molecule has 0 aromatic carbocycles. The van der Waals surface area contributed by atoms with Crippen LogP contribution in [-0.4, -0.2) is 24.4 Å². The summed E-state index contributed by atoms with van der Waals surface area (Å²) in [5.74, 6) is 0.163. The molecule has 0 bridgehead atoms. The lowest BCUT2D eigenvalue weighted by Crippen LogP contribution is -2.34. The summed E-state index contributed by atoms with van der Waals surface area (Å²) in [6.07, 6.45) is 2.47. The van der Waals surface area contributed by atoms with Crippen molar-refractivity contribution in [3.8, 4) is 0 Å². The Kier molecular flexibility index (Phi) is 7.48. The van der Waals surface area contributed by atoms with Crippen molar-refractivity contribution in [1.82, 2.24) is 5.32 Å². The molecular weight excluding hydrogens is 235 g/mol. The Balaban J connectivity index is 4.11. The van der Waals surface area contributed by atoms with E-state index in [0.717, 1.165) is 25.9 Å². The molecule has 0 unspecified atom stereocenters. The second kappa shape index (κ2) is 7.43. The molecule has 0 aromatic heterocycles. The molecule has 16 heavy (non-hydrogen) atoms. The van der Waals surface area contributed by atoms with Crippen molar-refractivity contribution < 1.29 is 13.2 Å². The summed E-state index contributed by atoms with van der Waals surface area (Å²) >= 11 is 0.0969. The molecule has 0 heterocycles. The fraction of sp³-hybridized carbons (Fsp3) is 1.00. The van der Waals surface area contributed by atoms with Crippen LogP contribution in [0.1, 0.15) is 40.0 Å². The molecule has 0 aliphatic carbocycles. The van der Waals surface area contributed by atoms with Crippen LogP contribution in [0.5, 0.6) is 0 Å². The molecule has 5 heteroatoms. The number of nitrogens with one attached hydrogen (secondary N) is 1. The second-order valence-electron chi connectivity index (χ2n) is 4.03. The van der Waals surface area contributed by atoms with Gasteiger partial charge >= 0.3 is 5.51 Å². The molecule has 0 aliphatic heterocycles. The summed E-state index contributed by atoms with van der Waals surface area (Å²) in [6, 6.07) is 0. The third-order valence-electron chi connectivity index (χ3n) is 3.15. The Morgan fingerprint density at radius 1 is 1.06 bits per heavy atom. The Bertz CT molecular complexity index is 179. The van der Waals surface area contributed by atoms with E-state index in [1.807, 2.05) is 6.92 Å². The van der Waals surface area contributed by atoms with E-state index in [1.165, 1.54) is 0 Å². The average molecular weight is 257 g/mol. The standard InChI is InChI=1S/C11H22F3NS/c1-4-10(5-2,9-15-6-3)7-8-16-11(12,13)14/h15H,4-9H2,1-3H3. The van der Waals surface area contributed by atoms with E-state index >= 15 is 0 Å². The van der Waals surface area contributed by atoms with Crippen molar-refractivity contribution in [3.63, 3.8) is 0 Å². The minimum absolute atomic E-state index is 0.0221. The number of thioether (sulfide) groups is 1. The zero-order valence-electron chi connectivity index (χ0n) is 10.3. The first kappa shape index (κ1) is 16.1. The number of halogens is 3. The molecule has 0 fully saturated rings. The van der Waals surface area contributed by atoms with Crippen LogP contribution in [0.3, 0.4) is 0 Å². The quantitative estimate of drug-likeness (QED) is 0.704. The van der Waals surface area contributed by atoms with E-state index in [9.17, 15) is 13.2 Å². The lowest BCUT2D eigenvalue weighted by atomic mass is 9.80. The molecule has 0 radical (unpaired) electrons. The molecule has 0 amide bonds. The van der Waals surface area contributed by atoms with Gasteiger partial charge in [0.15, 0.2) is 0 Å². The van der Waals surface area contributed by atoms with Crippen LogP contribution in [0, 0.1) is 5.41 Å². The predicted molar refractivity (Wildman–Crippen MR) is 64.7 cm³/mol. The van der Waals surface area contributed by atoms with Gasteiger partial charge in [0.25, 0.3) is 0 Å². The molecule has 0 saturated carbocycles. The zero-order chi connectivity index (χ0) is 12.7. The maximum absolute atomic E-state index is 12.0. The smallest absolute Gasteiger partial charge is 0.316 e. The summed E-state index contributed by atoms with van der Waals surface area (Å²) in [5.41, 5.74) is -4.07. The van der Waals surface area contributed by atoms with Gasteiger partial charge in [-0.25, -0.2) is 0 Å². The van der Waals surface area contributed by atoms with Crippen molar-refractivity contribution >= 4 is 11.8 Å². The van der Waals surface area contributed by atoms with Crippen molar-refractivity contribution in [3.05, 3.63) is 0 Å². The summed E-state index contributed by atoms with van der Waals surface area (Å²) in [4.78, 5) is 0. The topological polar surface area (TPSA) is 12.0 Å². The summed E-state index contributed by atoms with van der Waals surface area (Å²) in [7, 11) is 0. The van der Waals surface area contributed by atoms with Gasteiger partial charge in [0, 0.05) is 12.3 Å². The Hall–Kier alpha value is 0.100. The first-order valence-corrected chi connectivity index (χ1v) is 6.79. The third kappa shape index (κ3) is 6.63. The summed E-state index contributed by atoms with van der Waals surface area (Å²) in [6.45, 7) is 7.81. The van der Waals surface area contributed by atoms with Crippen molar-refractivity contribution in [1.29, 1.82) is 0 Å². The summed E-state index contributed by atoms with van der Waals surface area (Å²) < 4.78 is 36.1. The number of alkyl halides is 3. The molecule has 1 N–H and O–H groups in total. The fourth-order valence-corrected chi connectivity index (χ4v) is 2.48. The Labute approximate surface area is 101 Å². The van der Waals surface area contributed by atoms with E-state index in [-0.39, 0.29) is 22.9 Å². The van der Waals surface area contributed by atoms with Crippen LogP contribution in [0.15, 0.2) is 0 Å². The minimum Gasteiger partial charge on any atom is -0.316 e. The van der Waals surface area contributed by atoms with E-state index in [2.05, 4.69) is 19.2 Å². The highest BCUT2D eigenvalue weighted by atomic mass is 32.2. The predicted octanol–water partition coefficient (Wildman–Crippen LogP) is 4.05. The highest BCUT2D eigenvalue weighted by Crippen LogP contribution is 2.36. The van der Waals surface area contributed by atoms with Gasteiger partial charge in [0.2, 0.25) is 0 Å². The van der Waals surface area contributed by atoms with Gasteiger partial charge in [-0.2, -0.15) is 13.2 Å². The molecule has 0 saturated heterocycles. The van der Waals surface area contributed by atoms with Gasteiger partial charge in [-0.1, -0.05) is 32.5 Å². The molecule has 0 rings (SSSR count). The van der Waals surface area contributed by atoms with Crippen LogP contribution >= 0.6 is 11.8 Å². The van der Waals surface area contributed by atoms with Crippen molar-refractivity contribution in [2.75, 3.05) is 18.8 Å². The van der Waals surface area contributed by atoms with Crippen molar-refractivity contribution in [2.24, 2.45) is 5.41 Å². The first-order chi connectivity index (χ1) is 7.39. The SMILES string of the molecule is CCNCC(CC)(CC)CCSC(F)(F)F. The van der Waals surface area contributed by atoms with Crippen molar-refractivity contribution in [2.45, 2.75) is 45.5 Å². The normalized spacial score (nSPS) is 13.1. The van der Waals surface area contributed by atoms with Crippen LogP contribution in [0.25, 0.3) is 0 Å². The number of hydrogen-bond acceptors (Lipinski definition) is 2. The lowest BCUT2D eigenvalue weighted by Gasteiger charge is -2.32. The monoisotopic (exact) mass is 257 g/mol. The van der Waals surface area contributed by atoms with Gasteiger partial charge in [-0.05, 0) is 31.2 Å². The molecule has 0 atom stereocenters. The Morgan fingerprint density at radius 2 is 1.62 bits per heavy atom. The van der Waals surface area contributed by atoms with Gasteiger partial charge in [0.05, 0.1) is 0 Å². The molecule has 1 nitrogen and oxygen atoms in total. The fourth-order valence-electron chi connectivity index (χ4n) is 1.72. The number of hydrogen-bond donors (Lipinski definition) is 1. The van der Waals surface area contributed by atoms with Gasteiger partial charge < -0.3 is 5.32 Å². The largest absolute Gasteiger partial charge is 0.441 e.